The minimum Gasteiger partial charge on any atom is -0.463 e. The Labute approximate surface area is 121 Å². The van der Waals surface area contributed by atoms with Crippen LogP contribution in [0.15, 0.2) is 47.1 Å². The van der Waals surface area contributed by atoms with E-state index in [2.05, 4.69) is 5.32 Å². The number of carbonyl (C=O) groups excluding carboxylic acids is 1. The van der Waals surface area contributed by atoms with E-state index in [4.69, 9.17) is 4.42 Å². The number of nitro groups is 1. The predicted molar refractivity (Wildman–Crippen MR) is 75.6 cm³/mol. The molecule has 1 aromatic heterocycles. The zero-order valence-electron chi connectivity index (χ0n) is 11.5. The Morgan fingerprint density at radius 3 is 2.67 bits per heavy atom. The first-order valence-electron chi connectivity index (χ1n) is 6.47. The number of nitro benzene ring substituents is 1. The molecule has 3 N–H and O–H groups in total. The fourth-order valence-corrected chi connectivity index (χ4v) is 1.83. The standard InChI is InChI=1S/C14H15N3O4/c1-10(13-3-2-8-21-13)15-9-14(18)16-11-4-6-12(7-5-11)17(19)20/h2-8,10,15H,9H2,1H3,(H,16,18)/p+1/t10-/m0/s1. The first-order chi connectivity index (χ1) is 10.1. The lowest BCUT2D eigenvalue weighted by Gasteiger charge is -2.08. The van der Waals surface area contributed by atoms with Crippen LogP contribution in [0.25, 0.3) is 0 Å². The molecule has 1 aromatic carbocycles. The van der Waals surface area contributed by atoms with Gasteiger partial charge in [0.15, 0.2) is 12.3 Å². The zero-order valence-corrected chi connectivity index (χ0v) is 11.5. The molecular weight excluding hydrogens is 274 g/mol. The zero-order chi connectivity index (χ0) is 15.2. The maximum Gasteiger partial charge on any atom is 0.279 e. The lowest BCUT2D eigenvalue weighted by Crippen LogP contribution is -2.86. The van der Waals surface area contributed by atoms with E-state index in [1.54, 1.807) is 12.3 Å². The highest BCUT2D eigenvalue weighted by molar-refractivity contribution is 5.91. The lowest BCUT2D eigenvalue weighted by molar-refractivity contribution is -0.684. The smallest absolute Gasteiger partial charge is 0.279 e. The average Bonchev–Trinajstić information content (AvgIpc) is 2.99. The van der Waals surface area contributed by atoms with Crippen molar-refractivity contribution in [1.82, 2.24) is 0 Å². The van der Waals surface area contributed by atoms with E-state index in [9.17, 15) is 14.9 Å². The number of furan rings is 1. The van der Waals surface area contributed by atoms with Gasteiger partial charge in [0.05, 0.1) is 11.2 Å². The molecular formula is C14H16N3O4+. The van der Waals surface area contributed by atoms with Gasteiger partial charge in [-0.3, -0.25) is 14.9 Å². The molecule has 7 nitrogen and oxygen atoms in total. The molecule has 21 heavy (non-hydrogen) atoms. The van der Waals surface area contributed by atoms with Gasteiger partial charge in [0.1, 0.15) is 6.04 Å². The van der Waals surface area contributed by atoms with Gasteiger partial charge in [0.25, 0.3) is 11.6 Å². The molecule has 0 aliphatic carbocycles. The Morgan fingerprint density at radius 1 is 1.38 bits per heavy atom. The van der Waals surface area contributed by atoms with Gasteiger partial charge in [-0.05, 0) is 31.2 Å². The van der Waals surface area contributed by atoms with Gasteiger partial charge in [-0.15, -0.1) is 0 Å². The van der Waals surface area contributed by atoms with E-state index in [0.717, 1.165) is 5.76 Å². The van der Waals surface area contributed by atoms with Crippen molar-refractivity contribution < 1.29 is 19.5 Å². The van der Waals surface area contributed by atoms with E-state index in [1.807, 2.05) is 18.3 Å². The fraction of sp³-hybridized carbons (Fsp3) is 0.214. The molecule has 2 rings (SSSR count). The van der Waals surface area contributed by atoms with Crippen LogP contribution in [0.3, 0.4) is 0 Å². The van der Waals surface area contributed by atoms with Crippen molar-refractivity contribution >= 4 is 17.3 Å². The molecule has 1 heterocycles. The van der Waals surface area contributed by atoms with Crippen molar-refractivity contribution in [3.8, 4) is 0 Å². The SMILES string of the molecule is C[C@H]([NH2+]CC(=O)Nc1ccc([N+](=O)[O-])cc1)c1ccco1. The number of hydrogen-bond acceptors (Lipinski definition) is 4. The average molecular weight is 290 g/mol. The van der Waals surface area contributed by atoms with Crippen molar-refractivity contribution in [3.05, 3.63) is 58.5 Å². The van der Waals surface area contributed by atoms with Gasteiger partial charge < -0.3 is 15.1 Å². The van der Waals surface area contributed by atoms with E-state index in [-0.39, 0.29) is 24.2 Å². The van der Waals surface area contributed by atoms with Crippen molar-refractivity contribution in [2.45, 2.75) is 13.0 Å². The summed E-state index contributed by atoms with van der Waals surface area (Å²) in [4.78, 5) is 21.8. The third-order valence-corrected chi connectivity index (χ3v) is 3.01. The molecule has 0 aliphatic rings. The summed E-state index contributed by atoms with van der Waals surface area (Å²) >= 11 is 0. The second kappa shape index (κ2) is 6.67. The number of benzene rings is 1. The number of quaternary nitrogens is 1. The van der Waals surface area contributed by atoms with Gasteiger partial charge in [-0.25, -0.2) is 0 Å². The molecule has 7 heteroatoms. The quantitative estimate of drug-likeness (QED) is 0.621. The molecule has 1 amide bonds. The minimum atomic E-state index is -0.482. The Kier molecular flexibility index (Phi) is 4.68. The highest BCUT2D eigenvalue weighted by Gasteiger charge is 2.14. The monoisotopic (exact) mass is 290 g/mol. The summed E-state index contributed by atoms with van der Waals surface area (Å²) in [6, 6.07) is 9.42. The Morgan fingerprint density at radius 2 is 2.10 bits per heavy atom. The van der Waals surface area contributed by atoms with Crippen molar-refractivity contribution in [2.75, 3.05) is 11.9 Å². The molecule has 0 bridgehead atoms. The highest BCUT2D eigenvalue weighted by Crippen LogP contribution is 2.15. The maximum absolute atomic E-state index is 11.8. The van der Waals surface area contributed by atoms with Gasteiger partial charge in [0.2, 0.25) is 0 Å². The number of nitrogens with one attached hydrogen (secondary N) is 1. The van der Waals surface area contributed by atoms with E-state index >= 15 is 0 Å². The summed E-state index contributed by atoms with van der Waals surface area (Å²) < 4.78 is 5.25. The number of carbonyl (C=O) groups is 1. The van der Waals surface area contributed by atoms with Crippen LogP contribution in [0.2, 0.25) is 0 Å². The maximum atomic E-state index is 11.8. The molecule has 0 saturated heterocycles. The van der Waals surface area contributed by atoms with E-state index in [1.165, 1.54) is 24.3 Å². The van der Waals surface area contributed by atoms with Crippen LogP contribution in [0.5, 0.6) is 0 Å². The number of hydrogen-bond donors (Lipinski definition) is 2. The van der Waals surface area contributed by atoms with Crippen LogP contribution in [0.4, 0.5) is 11.4 Å². The fourth-order valence-electron chi connectivity index (χ4n) is 1.83. The molecule has 2 aromatic rings. The summed E-state index contributed by atoms with van der Waals surface area (Å²) in [6.07, 6.45) is 1.59. The summed E-state index contributed by atoms with van der Waals surface area (Å²) in [5.41, 5.74) is 0.524. The van der Waals surface area contributed by atoms with Gasteiger partial charge in [-0.1, -0.05) is 0 Å². The summed E-state index contributed by atoms with van der Waals surface area (Å²) in [5.74, 6) is 0.625. The molecule has 0 radical (unpaired) electrons. The molecule has 0 saturated carbocycles. The number of nitrogens with two attached hydrogens (primary N) is 1. The summed E-state index contributed by atoms with van der Waals surface area (Å²) in [7, 11) is 0. The van der Waals surface area contributed by atoms with E-state index in [0.29, 0.717) is 5.69 Å². The number of anilines is 1. The van der Waals surface area contributed by atoms with Crippen molar-refractivity contribution in [1.29, 1.82) is 0 Å². The van der Waals surface area contributed by atoms with Crippen LogP contribution in [-0.2, 0) is 4.79 Å². The Hall–Kier alpha value is -2.67. The molecule has 0 spiro atoms. The lowest BCUT2D eigenvalue weighted by atomic mass is 10.2. The summed E-state index contributed by atoms with van der Waals surface area (Å²) in [5, 5.41) is 15.1. The van der Waals surface area contributed by atoms with Crippen LogP contribution >= 0.6 is 0 Å². The van der Waals surface area contributed by atoms with Crippen LogP contribution in [0, 0.1) is 10.1 Å². The van der Waals surface area contributed by atoms with Gasteiger partial charge in [0, 0.05) is 17.8 Å². The second-order valence-electron chi connectivity index (χ2n) is 4.60. The minimum absolute atomic E-state index is 0.00833. The Balaban J connectivity index is 1.83. The number of rotatable bonds is 6. The molecule has 0 unspecified atom stereocenters. The van der Waals surface area contributed by atoms with Gasteiger partial charge in [-0.2, -0.15) is 0 Å². The van der Waals surface area contributed by atoms with Crippen molar-refractivity contribution in [3.63, 3.8) is 0 Å². The Bertz CT molecular complexity index is 608. The van der Waals surface area contributed by atoms with E-state index < -0.39 is 4.92 Å². The molecule has 1 atom stereocenters. The molecule has 0 fully saturated rings. The first kappa shape index (κ1) is 14.7. The summed E-state index contributed by atoms with van der Waals surface area (Å²) in [6.45, 7) is 2.18. The molecule has 110 valence electrons. The van der Waals surface area contributed by atoms with Gasteiger partial charge >= 0.3 is 0 Å². The number of amides is 1. The van der Waals surface area contributed by atoms with Crippen LogP contribution in [-0.4, -0.2) is 17.4 Å². The number of nitrogens with zero attached hydrogens (tertiary/aromatic N) is 1. The largest absolute Gasteiger partial charge is 0.463 e. The van der Waals surface area contributed by atoms with Crippen LogP contribution in [0.1, 0.15) is 18.7 Å². The molecule has 0 aliphatic heterocycles. The third kappa shape index (κ3) is 4.15. The first-order valence-corrected chi connectivity index (χ1v) is 6.47. The number of non-ortho nitro benzene ring substituents is 1. The normalized spacial score (nSPS) is 11.9. The van der Waals surface area contributed by atoms with Crippen molar-refractivity contribution in [2.24, 2.45) is 0 Å². The predicted octanol–water partition coefficient (Wildman–Crippen LogP) is 1.45. The van der Waals surface area contributed by atoms with Crippen LogP contribution < -0.4 is 10.6 Å². The third-order valence-electron chi connectivity index (χ3n) is 3.01. The highest BCUT2D eigenvalue weighted by atomic mass is 16.6. The second-order valence-corrected chi connectivity index (χ2v) is 4.60. The topological polar surface area (TPSA) is 102 Å².